The highest BCUT2D eigenvalue weighted by Gasteiger charge is 2.31. The van der Waals surface area contributed by atoms with E-state index >= 15 is 0 Å². The molecule has 1 atom stereocenters. The van der Waals surface area contributed by atoms with E-state index < -0.39 is 23.8 Å². The van der Waals surface area contributed by atoms with E-state index in [0.29, 0.717) is 18.6 Å². The summed E-state index contributed by atoms with van der Waals surface area (Å²) in [5.41, 5.74) is 1.27. The first kappa shape index (κ1) is 19.9. The Morgan fingerprint density at radius 3 is 2.46 bits per heavy atom. The second-order valence-electron chi connectivity index (χ2n) is 5.42. The summed E-state index contributed by atoms with van der Waals surface area (Å²) in [5, 5.41) is -0.267. The van der Waals surface area contributed by atoms with Gasteiger partial charge in [-0.1, -0.05) is 43.1 Å². The third kappa shape index (κ3) is 5.56. The number of carbonyl (C=O) groups excluding carboxylic acids is 1. The number of para-hydroxylation sites is 1. The molecule has 0 radical (unpaired) electrons. The molecule has 0 aliphatic rings. The summed E-state index contributed by atoms with van der Waals surface area (Å²) >= 11 is 5.78. The lowest BCUT2D eigenvalue weighted by atomic mass is 10.2. The Balaban J connectivity index is 2.01. The molecule has 0 saturated carbocycles. The second kappa shape index (κ2) is 8.80. The number of benzene rings is 2. The summed E-state index contributed by atoms with van der Waals surface area (Å²) in [6.45, 7) is 1.89. The van der Waals surface area contributed by atoms with E-state index in [2.05, 4.69) is 5.48 Å². The number of carbonyl (C=O) groups is 1. The van der Waals surface area contributed by atoms with E-state index in [1.54, 1.807) is 24.3 Å². The van der Waals surface area contributed by atoms with E-state index in [1.807, 2.05) is 13.0 Å². The van der Waals surface area contributed by atoms with Crippen molar-refractivity contribution in [1.82, 2.24) is 5.48 Å². The van der Waals surface area contributed by atoms with Crippen molar-refractivity contribution < 1.29 is 27.5 Å². The molecule has 140 valence electrons. The molecule has 1 unspecified atom stereocenters. The summed E-state index contributed by atoms with van der Waals surface area (Å²) < 4.78 is 43.5. The molecule has 0 bridgehead atoms. The molecular formula is C18H17ClF3NO3. The Labute approximate surface area is 153 Å². The first-order chi connectivity index (χ1) is 12.3. The third-order valence-corrected chi connectivity index (χ3v) is 3.68. The predicted molar refractivity (Wildman–Crippen MR) is 91.0 cm³/mol. The second-order valence-corrected chi connectivity index (χ2v) is 5.83. The first-order valence-corrected chi connectivity index (χ1v) is 8.24. The quantitative estimate of drug-likeness (QED) is 0.679. The number of amides is 1. The number of halogens is 4. The van der Waals surface area contributed by atoms with Crippen molar-refractivity contribution in [2.75, 3.05) is 0 Å². The lowest BCUT2D eigenvalue weighted by Crippen LogP contribution is -2.40. The van der Waals surface area contributed by atoms with Crippen molar-refractivity contribution in [3.05, 3.63) is 59.1 Å². The SMILES string of the molecule is CCCC(Oc1ccccc1)C(=O)NOc1ccc(C(F)(F)F)cc1Cl. The van der Waals surface area contributed by atoms with E-state index in [9.17, 15) is 18.0 Å². The van der Waals surface area contributed by atoms with Crippen LogP contribution >= 0.6 is 11.6 Å². The molecule has 4 nitrogen and oxygen atoms in total. The molecule has 0 aliphatic heterocycles. The molecule has 0 saturated heterocycles. The van der Waals surface area contributed by atoms with E-state index in [1.165, 1.54) is 0 Å². The summed E-state index contributed by atoms with van der Waals surface area (Å²) in [6.07, 6.45) is -4.20. The van der Waals surface area contributed by atoms with E-state index in [0.717, 1.165) is 18.2 Å². The number of hydrogen-bond donors (Lipinski definition) is 1. The van der Waals surface area contributed by atoms with Crippen molar-refractivity contribution >= 4 is 17.5 Å². The molecule has 0 spiro atoms. The van der Waals surface area contributed by atoms with Crippen LogP contribution in [0.2, 0.25) is 5.02 Å². The number of ether oxygens (including phenoxy) is 1. The molecule has 0 fully saturated rings. The van der Waals surface area contributed by atoms with Crippen molar-refractivity contribution in [3.63, 3.8) is 0 Å². The first-order valence-electron chi connectivity index (χ1n) is 7.86. The molecule has 0 aliphatic carbocycles. The number of rotatable bonds is 7. The monoisotopic (exact) mass is 387 g/mol. The van der Waals surface area contributed by atoms with Gasteiger partial charge < -0.3 is 9.57 Å². The van der Waals surface area contributed by atoms with Crippen LogP contribution in [-0.4, -0.2) is 12.0 Å². The molecule has 2 rings (SSSR count). The van der Waals surface area contributed by atoms with Crippen LogP contribution in [0.15, 0.2) is 48.5 Å². The van der Waals surface area contributed by atoms with Gasteiger partial charge in [-0.2, -0.15) is 18.7 Å². The van der Waals surface area contributed by atoms with Crippen molar-refractivity contribution in [2.45, 2.75) is 32.0 Å². The molecular weight excluding hydrogens is 371 g/mol. The average molecular weight is 388 g/mol. The zero-order chi connectivity index (χ0) is 19.2. The Morgan fingerprint density at radius 1 is 1.19 bits per heavy atom. The highest BCUT2D eigenvalue weighted by Crippen LogP contribution is 2.34. The molecule has 0 heterocycles. The lowest BCUT2D eigenvalue weighted by Gasteiger charge is -2.18. The van der Waals surface area contributed by atoms with Gasteiger partial charge in [-0.15, -0.1) is 0 Å². The molecule has 26 heavy (non-hydrogen) atoms. The molecule has 8 heteroatoms. The van der Waals surface area contributed by atoms with Crippen molar-refractivity contribution in [2.24, 2.45) is 0 Å². The summed E-state index contributed by atoms with van der Waals surface area (Å²) in [5.74, 6) is -0.136. The van der Waals surface area contributed by atoms with Gasteiger partial charge in [0.1, 0.15) is 5.75 Å². The van der Waals surface area contributed by atoms with Crippen LogP contribution in [0.3, 0.4) is 0 Å². The van der Waals surface area contributed by atoms with Crippen LogP contribution in [0.25, 0.3) is 0 Å². The van der Waals surface area contributed by atoms with Gasteiger partial charge in [-0.05, 0) is 36.8 Å². The number of hydroxylamine groups is 1. The van der Waals surface area contributed by atoms with Gasteiger partial charge in [-0.3, -0.25) is 4.79 Å². The Morgan fingerprint density at radius 2 is 1.88 bits per heavy atom. The van der Waals surface area contributed by atoms with E-state index in [4.69, 9.17) is 21.2 Å². The van der Waals surface area contributed by atoms with Crippen molar-refractivity contribution in [1.29, 1.82) is 0 Å². The average Bonchev–Trinajstić information content (AvgIpc) is 2.60. The minimum atomic E-state index is -4.51. The molecule has 0 aromatic heterocycles. The summed E-state index contributed by atoms with van der Waals surface area (Å²) in [6, 6.07) is 11.4. The zero-order valence-electron chi connectivity index (χ0n) is 13.8. The van der Waals surface area contributed by atoms with Gasteiger partial charge >= 0.3 is 6.18 Å². The highest BCUT2D eigenvalue weighted by molar-refractivity contribution is 6.32. The molecule has 2 aromatic carbocycles. The predicted octanol–water partition coefficient (Wildman–Crippen LogP) is 5.02. The van der Waals surface area contributed by atoms with Gasteiger partial charge in [0.15, 0.2) is 11.9 Å². The molecule has 2 aromatic rings. The van der Waals surface area contributed by atoms with Gasteiger partial charge in [-0.25, -0.2) is 0 Å². The fourth-order valence-corrected chi connectivity index (χ4v) is 2.32. The maximum atomic E-state index is 12.6. The summed E-state index contributed by atoms with van der Waals surface area (Å²) in [4.78, 5) is 17.3. The zero-order valence-corrected chi connectivity index (χ0v) is 14.6. The van der Waals surface area contributed by atoms with Gasteiger partial charge in [0, 0.05) is 0 Å². The van der Waals surface area contributed by atoms with Gasteiger partial charge in [0.25, 0.3) is 5.91 Å². The lowest BCUT2D eigenvalue weighted by molar-refractivity contribution is -0.138. The number of hydrogen-bond acceptors (Lipinski definition) is 3. The maximum absolute atomic E-state index is 12.6. The van der Waals surface area contributed by atoms with Crippen LogP contribution in [-0.2, 0) is 11.0 Å². The highest BCUT2D eigenvalue weighted by atomic mass is 35.5. The Hall–Kier alpha value is -2.41. The minimum absolute atomic E-state index is 0.0945. The Bertz CT molecular complexity index is 738. The van der Waals surface area contributed by atoms with Gasteiger partial charge in [0.2, 0.25) is 0 Å². The largest absolute Gasteiger partial charge is 0.480 e. The van der Waals surface area contributed by atoms with Crippen LogP contribution in [0.1, 0.15) is 25.3 Å². The fraction of sp³-hybridized carbons (Fsp3) is 0.278. The van der Waals surface area contributed by atoms with Crippen LogP contribution in [0, 0.1) is 0 Å². The van der Waals surface area contributed by atoms with Crippen molar-refractivity contribution in [3.8, 4) is 11.5 Å². The summed E-state index contributed by atoms with van der Waals surface area (Å²) in [7, 11) is 0. The smallest absolute Gasteiger partial charge is 0.416 e. The molecule has 1 amide bonds. The van der Waals surface area contributed by atoms with Gasteiger partial charge in [0.05, 0.1) is 10.6 Å². The van der Waals surface area contributed by atoms with Crippen LogP contribution < -0.4 is 15.1 Å². The molecule has 1 N–H and O–H groups in total. The van der Waals surface area contributed by atoms with Crippen LogP contribution in [0.5, 0.6) is 11.5 Å². The van der Waals surface area contributed by atoms with E-state index in [-0.39, 0.29) is 10.8 Å². The maximum Gasteiger partial charge on any atom is 0.416 e. The fourth-order valence-electron chi connectivity index (χ4n) is 2.10. The normalized spacial score (nSPS) is 12.3. The minimum Gasteiger partial charge on any atom is -0.480 e. The standard InChI is InChI=1S/C18H17ClF3NO3/c1-2-6-16(25-13-7-4-3-5-8-13)17(24)23-26-15-10-9-12(11-14(15)19)18(20,21)22/h3-5,7-11,16H,2,6H2,1H3,(H,23,24). The third-order valence-electron chi connectivity index (χ3n) is 3.39. The van der Waals surface area contributed by atoms with Crippen LogP contribution in [0.4, 0.5) is 13.2 Å². The number of alkyl halides is 3. The topological polar surface area (TPSA) is 47.6 Å². The Kier molecular flexibility index (Phi) is 6.74. The number of nitrogens with one attached hydrogen (secondary N) is 1.